The van der Waals surface area contributed by atoms with E-state index in [1.54, 1.807) is 0 Å². The molecule has 0 bridgehead atoms. The number of nitrogens with zero attached hydrogens (tertiary/aromatic N) is 4. The second-order valence-electron chi connectivity index (χ2n) is 6.77. The first-order valence-corrected chi connectivity index (χ1v) is 11.0. The molecule has 0 spiro atoms. The number of rotatable bonds is 6. The van der Waals surface area contributed by atoms with Crippen molar-refractivity contribution in [2.24, 2.45) is 0 Å². The van der Waals surface area contributed by atoms with Gasteiger partial charge in [0.25, 0.3) is 0 Å². The Hall–Kier alpha value is -1.64. The van der Waals surface area contributed by atoms with E-state index < -0.39 is 0 Å². The fourth-order valence-electron chi connectivity index (χ4n) is 3.05. The number of carbonyl (C=O) groups is 1. The molecule has 1 unspecified atom stereocenters. The van der Waals surface area contributed by atoms with Crippen LogP contribution < -0.4 is 5.32 Å². The van der Waals surface area contributed by atoms with Crippen molar-refractivity contribution in [1.29, 1.82) is 0 Å². The predicted molar refractivity (Wildman–Crippen MR) is 113 cm³/mol. The monoisotopic (exact) mass is 405 g/mol. The highest BCUT2D eigenvalue weighted by Gasteiger charge is 2.26. The molecule has 1 aromatic heterocycles. The molecule has 0 aliphatic carbocycles. The zero-order valence-corrected chi connectivity index (χ0v) is 18.0. The van der Waals surface area contributed by atoms with Gasteiger partial charge in [-0.25, -0.2) is 0 Å². The lowest BCUT2D eigenvalue weighted by Crippen LogP contribution is -2.50. The van der Waals surface area contributed by atoms with Crippen LogP contribution in [0, 0.1) is 13.8 Å². The molecule has 1 aromatic carbocycles. The molecular formula is C19H27N5OS2. The number of piperazine rings is 1. The number of hydrogen-bond donors (Lipinski definition) is 1. The largest absolute Gasteiger partial charge is 0.339 e. The maximum Gasteiger partial charge on any atom is 0.235 e. The normalized spacial score (nSPS) is 16.4. The van der Waals surface area contributed by atoms with Crippen LogP contribution in [0.3, 0.4) is 0 Å². The summed E-state index contributed by atoms with van der Waals surface area (Å²) in [7, 11) is 0. The fraction of sp³-hybridized carbons (Fsp3) is 0.526. The lowest BCUT2D eigenvalue weighted by atomic mass is 10.1. The summed E-state index contributed by atoms with van der Waals surface area (Å²) in [5.74, 6) is 0.190. The van der Waals surface area contributed by atoms with Gasteiger partial charge in [-0.15, -0.1) is 10.2 Å². The molecule has 1 aliphatic heterocycles. The number of aryl methyl sites for hydroxylation is 1. The van der Waals surface area contributed by atoms with Crippen molar-refractivity contribution in [3.63, 3.8) is 0 Å². The third-order valence-corrected chi connectivity index (χ3v) is 7.02. The van der Waals surface area contributed by atoms with E-state index in [2.05, 4.69) is 47.3 Å². The van der Waals surface area contributed by atoms with Gasteiger partial charge in [-0.3, -0.25) is 4.79 Å². The molecule has 1 aliphatic rings. The molecule has 2 heterocycles. The van der Waals surface area contributed by atoms with Crippen molar-refractivity contribution in [2.45, 2.75) is 37.3 Å². The maximum atomic E-state index is 12.7. The number of benzene rings is 1. The van der Waals surface area contributed by atoms with Crippen LogP contribution in [0.1, 0.15) is 25.0 Å². The quantitative estimate of drug-likeness (QED) is 0.742. The van der Waals surface area contributed by atoms with E-state index in [4.69, 9.17) is 0 Å². The zero-order chi connectivity index (χ0) is 19.4. The predicted octanol–water partition coefficient (Wildman–Crippen LogP) is 3.54. The summed E-state index contributed by atoms with van der Waals surface area (Å²) in [4.78, 5) is 17.0. The molecule has 3 rings (SSSR count). The number of nitrogens with one attached hydrogen (secondary N) is 1. The molecule has 2 aromatic rings. The zero-order valence-electron chi connectivity index (χ0n) is 16.4. The summed E-state index contributed by atoms with van der Waals surface area (Å²) in [5, 5.41) is 12.4. The average molecular weight is 406 g/mol. The van der Waals surface area contributed by atoms with Crippen molar-refractivity contribution in [2.75, 3.05) is 38.0 Å². The van der Waals surface area contributed by atoms with Crippen LogP contribution in [-0.2, 0) is 4.79 Å². The summed E-state index contributed by atoms with van der Waals surface area (Å²) in [6.45, 7) is 12.9. The smallest absolute Gasteiger partial charge is 0.235 e. The van der Waals surface area contributed by atoms with Gasteiger partial charge in [-0.05, 0) is 44.5 Å². The van der Waals surface area contributed by atoms with Gasteiger partial charge in [0.1, 0.15) is 0 Å². The molecule has 6 nitrogen and oxygen atoms in total. The van der Waals surface area contributed by atoms with E-state index >= 15 is 0 Å². The van der Waals surface area contributed by atoms with Gasteiger partial charge in [0, 0.05) is 31.9 Å². The first-order valence-electron chi connectivity index (χ1n) is 9.32. The Morgan fingerprint density at radius 2 is 2.00 bits per heavy atom. The molecular weight excluding hydrogens is 378 g/mol. The van der Waals surface area contributed by atoms with Crippen molar-refractivity contribution < 1.29 is 4.79 Å². The second-order valence-corrected chi connectivity index (χ2v) is 9.33. The van der Waals surface area contributed by atoms with Gasteiger partial charge in [-0.1, -0.05) is 42.2 Å². The van der Waals surface area contributed by atoms with E-state index in [0.717, 1.165) is 47.9 Å². The van der Waals surface area contributed by atoms with Gasteiger partial charge < -0.3 is 15.1 Å². The molecule has 0 saturated carbocycles. The first-order chi connectivity index (χ1) is 13.0. The molecule has 1 saturated heterocycles. The van der Waals surface area contributed by atoms with Gasteiger partial charge in [-0.2, -0.15) is 0 Å². The Labute approximate surface area is 169 Å². The van der Waals surface area contributed by atoms with Crippen LogP contribution in [0.5, 0.6) is 0 Å². The van der Waals surface area contributed by atoms with Gasteiger partial charge in [0.2, 0.25) is 11.0 Å². The average Bonchev–Trinajstić information content (AvgIpc) is 3.11. The van der Waals surface area contributed by atoms with Gasteiger partial charge in [0.05, 0.1) is 5.25 Å². The van der Waals surface area contributed by atoms with Crippen LogP contribution in [0.15, 0.2) is 22.5 Å². The molecule has 1 amide bonds. The van der Waals surface area contributed by atoms with E-state index in [9.17, 15) is 4.79 Å². The summed E-state index contributed by atoms with van der Waals surface area (Å²) in [6.07, 6.45) is 0. The SMILES string of the molecule is CCN1CCN(C(=O)C(C)Sc2nnc(Nc3cccc(C)c3C)s2)CC1. The molecule has 1 N–H and O–H groups in total. The van der Waals surface area contributed by atoms with Crippen molar-refractivity contribution in [1.82, 2.24) is 20.0 Å². The molecule has 27 heavy (non-hydrogen) atoms. The number of amides is 1. The Morgan fingerprint density at radius 1 is 1.26 bits per heavy atom. The Balaban J connectivity index is 1.57. The highest BCUT2D eigenvalue weighted by molar-refractivity contribution is 8.02. The highest BCUT2D eigenvalue weighted by atomic mass is 32.2. The summed E-state index contributed by atoms with van der Waals surface area (Å²) in [5.41, 5.74) is 3.48. The lowest BCUT2D eigenvalue weighted by Gasteiger charge is -2.35. The molecule has 0 radical (unpaired) electrons. The van der Waals surface area contributed by atoms with E-state index in [0.29, 0.717) is 0 Å². The lowest BCUT2D eigenvalue weighted by molar-refractivity contribution is -0.132. The van der Waals surface area contributed by atoms with Crippen LogP contribution >= 0.6 is 23.1 Å². The second kappa shape index (κ2) is 9.03. The Bertz CT molecular complexity index is 786. The topological polar surface area (TPSA) is 61.4 Å². The molecule has 1 atom stereocenters. The highest BCUT2D eigenvalue weighted by Crippen LogP contribution is 2.32. The van der Waals surface area contributed by atoms with Crippen LogP contribution in [0.25, 0.3) is 0 Å². The first kappa shape index (κ1) is 20.1. The third kappa shape index (κ3) is 5.00. The van der Waals surface area contributed by atoms with E-state index in [-0.39, 0.29) is 11.2 Å². The van der Waals surface area contributed by atoms with E-state index in [1.165, 1.54) is 34.2 Å². The van der Waals surface area contributed by atoms with Crippen LogP contribution in [0.4, 0.5) is 10.8 Å². The third-order valence-electron chi connectivity index (χ3n) is 5.01. The van der Waals surface area contributed by atoms with Crippen LogP contribution in [-0.4, -0.2) is 63.9 Å². The molecule has 8 heteroatoms. The Kier molecular flexibility index (Phi) is 6.73. The summed E-state index contributed by atoms with van der Waals surface area (Å²) < 4.78 is 0.816. The van der Waals surface area contributed by atoms with Crippen molar-refractivity contribution in [3.8, 4) is 0 Å². The number of likely N-dealkylation sites (N-methyl/N-ethyl adjacent to an activating group) is 1. The van der Waals surface area contributed by atoms with Crippen LogP contribution in [0.2, 0.25) is 0 Å². The van der Waals surface area contributed by atoms with Gasteiger partial charge in [0.15, 0.2) is 4.34 Å². The number of hydrogen-bond acceptors (Lipinski definition) is 7. The fourth-order valence-corrected chi connectivity index (χ4v) is 5.05. The Morgan fingerprint density at radius 3 is 2.70 bits per heavy atom. The number of anilines is 2. The van der Waals surface area contributed by atoms with Crippen molar-refractivity contribution >= 4 is 39.8 Å². The molecule has 146 valence electrons. The molecule has 1 fully saturated rings. The standard InChI is InChI=1S/C19H27N5OS2/c1-5-23-9-11-24(12-10-23)17(25)15(4)26-19-22-21-18(27-19)20-16-8-6-7-13(2)14(16)3/h6-8,15H,5,9-12H2,1-4H3,(H,20,21). The number of aromatic nitrogens is 2. The maximum absolute atomic E-state index is 12.7. The minimum atomic E-state index is -0.153. The minimum absolute atomic E-state index is 0.153. The minimum Gasteiger partial charge on any atom is -0.339 e. The van der Waals surface area contributed by atoms with Crippen molar-refractivity contribution in [3.05, 3.63) is 29.3 Å². The van der Waals surface area contributed by atoms with E-state index in [1.807, 2.05) is 24.0 Å². The van der Waals surface area contributed by atoms with Gasteiger partial charge >= 0.3 is 0 Å². The number of thioether (sulfide) groups is 1. The summed E-state index contributed by atoms with van der Waals surface area (Å²) in [6, 6.07) is 6.16. The number of carbonyl (C=O) groups excluding carboxylic acids is 1. The summed E-state index contributed by atoms with van der Waals surface area (Å²) >= 11 is 2.98.